The molecule has 0 spiro atoms. The van der Waals surface area contributed by atoms with Crippen LogP contribution in [0.15, 0.2) is 48.8 Å². The number of piperidine rings is 1. The van der Waals surface area contributed by atoms with Gasteiger partial charge in [-0.15, -0.1) is 0 Å². The molecule has 0 atom stereocenters. The van der Waals surface area contributed by atoms with Crippen molar-refractivity contribution in [1.29, 1.82) is 0 Å². The third-order valence-electron chi connectivity index (χ3n) is 6.90. The lowest BCUT2D eigenvalue weighted by molar-refractivity contribution is -0.119. The highest BCUT2D eigenvalue weighted by Gasteiger charge is 2.30. The fourth-order valence-corrected chi connectivity index (χ4v) is 4.92. The summed E-state index contributed by atoms with van der Waals surface area (Å²) >= 11 is 0. The standard InChI is InChI=1S/C27H31N5O/c1-19-5-7-21(8-6-19)18-32-25(33)10-9-24-20(2)29-26(30-27(24)32)23-11-14-31(15-12-23)17-22-4-3-13-28-16-22/h3-8,13,16,23H,9-12,14-15,17-18H2,1-2H3. The number of amides is 1. The minimum absolute atomic E-state index is 0.151. The van der Waals surface area contributed by atoms with Crippen LogP contribution in [-0.2, 0) is 24.3 Å². The Bertz CT molecular complexity index is 1120. The molecule has 0 bridgehead atoms. The lowest BCUT2D eigenvalue weighted by atomic mass is 9.94. The molecular weight excluding hydrogens is 410 g/mol. The molecule has 0 saturated carbocycles. The van der Waals surface area contributed by atoms with Gasteiger partial charge in [-0.05, 0) is 63.4 Å². The van der Waals surface area contributed by atoms with E-state index < -0.39 is 0 Å². The van der Waals surface area contributed by atoms with Crippen LogP contribution >= 0.6 is 0 Å². The van der Waals surface area contributed by atoms with Crippen LogP contribution in [0.5, 0.6) is 0 Å². The molecule has 5 rings (SSSR count). The van der Waals surface area contributed by atoms with Gasteiger partial charge in [0.15, 0.2) is 0 Å². The maximum atomic E-state index is 12.9. The number of carbonyl (C=O) groups excluding carboxylic acids is 1. The molecule has 6 nitrogen and oxygen atoms in total. The zero-order valence-electron chi connectivity index (χ0n) is 19.5. The van der Waals surface area contributed by atoms with Crippen molar-refractivity contribution in [3.63, 3.8) is 0 Å². The van der Waals surface area contributed by atoms with E-state index in [0.717, 1.165) is 67.4 Å². The average Bonchev–Trinajstić information content (AvgIpc) is 2.83. The number of hydrogen-bond donors (Lipinski definition) is 0. The number of benzene rings is 1. The molecule has 2 aliphatic heterocycles. The number of anilines is 1. The minimum atomic E-state index is 0.151. The molecule has 0 N–H and O–H groups in total. The van der Waals surface area contributed by atoms with Gasteiger partial charge in [-0.2, -0.15) is 0 Å². The Morgan fingerprint density at radius 1 is 0.939 bits per heavy atom. The molecule has 1 saturated heterocycles. The fourth-order valence-electron chi connectivity index (χ4n) is 4.92. The maximum Gasteiger partial charge on any atom is 0.228 e. The highest BCUT2D eigenvalue weighted by molar-refractivity contribution is 5.95. The van der Waals surface area contributed by atoms with Crippen molar-refractivity contribution < 1.29 is 4.79 Å². The minimum Gasteiger partial charge on any atom is -0.299 e. The van der Waals surface area contributed by atoms with E-state index in [0.29, 0.717) is 18.9 Å². The van der Waals surface area contributed by atoms with Gasteiger partial charge < -0.3 is 0 Å². The number of nitrogens with zero attached hydrogens (tertiary/aromatic N) is 5. The van der Waals surface area contributed by atoms with Crippen LogP contribution in [0.4, 0.5) is 5.82 Å². The SMILES string of the molecule is Cc1ccc(CN2C(=O)CCc3c(C)nc(C4CCN(Cc5cccnc5)CC4)nc32)cc1. The van der Waals surface area contributed by atoms with Gasteiger partial charge in [0.1, 0.15) is 11.6 Å². The predicted molar refractivity (Wildman–Crippen MR) is 129 cm³/mol. The number of aromatic nitrogens is 3. The largest absolute Gasteiger partial charge is 0.299 e. The molecular formula is C27H31N5O. The number of rotatable bonds is 5. The highest BCUT2D eigenvalue weighted by atomic mass is 16.2. The van der Waals surface area contributed by atoms with Gasteiger partial charge in [0.25, 0.3) is 0 Å². The van der Waals surface area contributed by atoms with Gasteiger partial charge in [-0.3, -0.25) is 19.6 Å². The van der Waals surface area contributed by atoms with Crippen LogP contribution < -0.4 is 4.90 Å². The number of likely N-dealkylation sites (tertiary alicyclic amines) is 1. The Kier molecular flexibility index (Phi) is 6.18. The Labute approximate surface area is 195 Å². The summed E-state index contributed by atoms with van der Waals surface area (Å²) in [6.45, 7) is 7.68. The fraction of sp³-hybridized carbons (Fsp3) is 0.407. The molecule has 1 amide bonds. The van der Waals surface area contributed by atoms with E-state index >= 15 is 0 Å². The van der Waals surface area contributed by atoms with Crippen molar-refractivity contribution in [2.75, 3.05) is 18.0 Å². The van der Waals surface area contributed by atoms with Crippen molar-refractivity contribution in [3.05, 3.63) is 82.6 Å². The summed E-state index contributed by atoms with van der Waals surface area (Å²) in [7, 11) is 0. The number of carbonyl (C=O) groups is 1. The van der Waals surface area contributed by atoms with E-state index in [9.17, 15) is 4.79 Å². The van der Waals surface area contributed by atoms with Crippen LogP contribution in [0.3, 0.4) is 0 Å². The summed E-state index contributed by atoms with van der Waals surface area (Å²) in [5.74, 6) is 2.21. The van der Waals surface area contributed by atoms with Crippen molar-refractivity contribution in [1.82, 2.24) is 19.9 Å². The first-order valence-electron chi connectivity index (χ1n) is 11.9. The predicted octanol–water partition coefficient (Wildman–Crippen LogP) is 4.35. The molecule has 0 aliphatic carbocycles. The van der Waals surface area contributed by atoms with Crippen molar-refractivity contribution >= 4 is 11.7 Å². The van der Waals surface area contributed by atoms with Crippen LogP contribution in [0.2, 0.25) is 0 Å². The second-order valence-electron chi connectivity index (χ2n) is 9.35. The summed E-state index contributed by atoms with van der Waals surface area (Å²) in [4.78, 5) is 31.4. The third kappa shape index (κ3) is 4.81. The number of aryl methyl sites for hydroxylation is 2. The summed E-state index contributed by atoms with van der Waals surface area (Å²) in [5, 5.41) is 0. The Balaban J connectivity index is 1.34. The average molecular weight is 442 g/mol. The van der Waals surface area contributed by atoms with Crippen molar-refractivity contribution in [2.45, 2.75) is 58.5 Å². The Morgan fingerprint density at radius 3 is 2.45 bits per heavy atom. The zero-order valence-corrected chi connectivity index (χ0v) is 19.5. The maximum absolute atomic E-state index is 12.9. The number of hydrogen-bond acceptors (Lipinski definition) is 5. The molecule has 0 radical (unpaired) electrons. The molecule has 6 heteroatoms. The summed E-state index contributed by atoms with van der Waals surface area (Å²) < 4.78 is 0. The van der Waals surface area contributed by atoms with Gasteiger partial charge in [0.05, 0.1) is 6.54 Å². The molecule has 2 aromatic heterocycles. The van der Waals surface area contributed by atoms with Crippen LogP contribution in [0, 0.1) is 13.8 Å². The monoisotopic (exact) mass is 441 g/mol. The smallest absolute Gasteiger partial charge is 0.228 e. The van der Waals surface area contributed by atoms with E-state index in [4.69, 9.17) is 9.97 Å². The van der Waals surface area contributed by atoms with Gasteiger partial charge in [0.2, 0.25) is 5.91 Å². The molecule has 1 aromatic carbocycles. The summed E-state index contributed by atoms with van der Waals surface area (Å²) in [5.41, 5.74) is 5.75. The molecule has 33 heavy (non-hydrogen) atoms. The van der Waals surface area contributed by atoms with Gasteiger partial charge in [0, 0.05) is 42.5 Å². The van der Waals surface area contributed by atoms with Crippen LogP contribution in [-0.4, -0.2) is 38.8 Å². The molecule has 2 aliphatic rings. The summed E-state index contributed by atoms with van der Waals surface area (Å²) in [6, 6.07) is 12.5. The number of pyridine rings is 1. The molecule has 3 aromatic rings. The van der Waals surface area contributed by atoms with E-state index in [2.05, 4.69) is 54.1 Å². The van der Waals surface area contributed by atoms with Crippen LogP contribution in [0.1, 0.15) is 59.0 Å². The molecule has 4 heterocycles. The Morgan fingerprint density at radius 2 is 1.73 bits per heavy atom. The van der Waals surface area contributed by atoms with Gasteiger partial charge in [-0.1, -0.05) is 35.9 Å². The van der Waals surface area contributed by atoms with Crippen LogP contribution in [0.25, 0.3) is 0 Å². The number of fused-ring (bicyclic) bond motifs is 1. The summed E-state index contributed by atoms with van der Waals surface area (Å²) in [6.07, 6.45) is 7.08. The quantitative estimate of drug-likeness (QED) is 0.589. The first-order chi connectivity index (χ1) is 16.1. The first-order valence-corrected chi connectivity index (χ1v) is 11.9. The molecule has 170 valence electrons. The lowest BCUT2D eigenvalue weighted by Crippen LogP contribution is -2.37. The van der Waals surface area contributed by atoms with E-state index in [-0.39, 0.29) is 5.91 Å². The molecule has 1 fully saturated rings. The van der Waals surface area contributed by atoms with E-state index in [1.807, 2.05) is 23.4 Å². The first kappa shape index (κ1) is 21.7. The molecule has 0 unspecified atom stereocenters. The third-order valence-corrected chi connectivity index (χ3v) is 6.90. The van der Waals surface area contributed by atoms with Crippen molar-refractivity contribution in [3.8, 4) is 0 Å². The van der Waals surface area contributed by atoms with E-state index in [1.54, 1.807) is 0 Å². The van der Waals surface area contributed by atoms with Gasteiger partial charge in [-0.25, -0.2) is 9.97 Å². The van der Waals surface area contributed by atoms with Gasteiger partial charge >= 0.3 is 0 Å². The normalized spacial score (nSPS) is 17.3. The second-order valence-corrected chi connectivity index (χ2v) is 9.35. The topological polar surface area (TPSA) is 62.2 Å². The van der Waals surface area contributed by atoms with Crippen molar-refractivity contribution in [2.24, 2.45) is 0 Å². The Hall–Kier alpha value is -3.12. The second kappa shape index (κ2) is 9.40. The lowest BCUT2D eigenvalue weighted by Gasteiger charge is -2.33. The highest BCUT2D eigenvalue weighted by Crippen LogP contribution is 2.33. The van der Waals surface area contributed by atoms with E-state index in [1.165, 1.54) is 11.1 Å². The zero-order chi connectivity index (χ0) is 22.8.